The summed E-state index contributed by atoms with van der Waals surface area (Å²) in [6, 6.07) is 15.6. The summed E-state index contributed by atoms with van der Waals surface area (Å²) in [5, 5.41) is 5.65. The maximum atomic E-state index is 6.42. The van der Waals surface area contributed by atoms with Crippen molar-refractivity contribution in [2.24, 2.45) is 12.8 Å². The molecule has 1 aromatic heterocycles. The maximum Gasteiger partial charge on any atom is 0.124 e. The van der Waals surface area contributed by atoms with E-state index in [2.05, 4.69) is 5.10 Å². The van der Waals surface area contributed by atoms with Crippen LogP contribution in [-0.2, 0) is 7.05 Å². The molecule has 0 aliphatic carbocycles. The van der Waals surface area contributed by atoms with Gasteiger partial charge in [-0.2, -0.15) is 5.10 Å². The Bertz CT molecular complexity index is 748. The third-order valence-corrected chi connectivity index (χ3v) is 3.55. The molecule has 3 aromatic rings. The smallest absolute Gasteiger partial charge is 0.124 e. The van der Waals surface area contributed by atoms with Crippen LogP contribution in [0.2, 0.25) is 0 Å². The average Bonchev–Trinajstić information content (AvgIpc) is 2.84. The maximum absolute atomic E-state index is 6.42. The second-order valence-electron chi connectivity index (χ2n) is 4.75. The first-order valence-corrected chi connectivity index (χ1v) is 6.52. The second kappa shape index (κ2) is 4.98. The fraction of sp³-hybridized carbons (Fsp3) is 0.188. The van der Waals surface area contributed by atoms with Crippen LogP contribution in [0.4, 0.5) is 0 Å². The standard InChI is InChI=1S/C16H17N3O/c1-19-13-9-5-3-7-11(13)16(18-19)15(17)12-8-4-6-10-14(12)20-2/h3-10,15H,17H2,1-2H3. The van der Waals surface area contributed by atoms with Crippen molar-refractivity contribution in [1.29, 1.82) is 0 Å². The molecule has 2 N–H and O–H groups in total. The zero-order valence-corrected chi connectivity index (χ0v) is 11.6. The van der Waals surface area contributed by atoms with Gasteiger partial charge in [0.25, 0.3) is 0 Å². The molecule has 20 heavy (non-hydrogen) atoms. The molecule has 4 nitrogen and oxygen atoms in total. The van der Waals surface area contributed by atoms with Gasteiger partial charge in [0.2, 0.25) is 0 Å². The number of methoxy groups -OCH3 is 1. The molecule has 0 aliphatic rings. The van der Waals surface area contributed by atoms with Gasteiger partial charge in [-0.1, -0.05) is 36.4 Å². The molecule has 1 heterocycles. The first-order chi connectivity index (χ1) is 9.72. The number of aromatic nitrogens is 2. The summed E-state index contributed by atoms with van der Waals surface area (Å²) >= 11 is 0. The molecule has 0 bridgehead atoms. The van der Waals surface area contributed by atoms with E-state index in [1.807, 2.05) is 60.3 Å². The summed E-state index contributed by atoms with van der Waals surface area (Å²) in [5.74, 6) is 0.787. The minimum absolute atomic E-state index is 0.308. The topological polar surface area (TPSA) is 53.1 Å². The van der Waals surface area contributed by atoms with Crippen molar-refractivity contribution in [3.05, 3.63) is 59.8 Å². The van der Waals surface area contributed by atoms with Gasteiger partial charge < -0.3 is 10.5 Å². The van der Waals surface area contributed by atoms with Gasteiger partial charge in [-0.05, 0) is 12.1 Å². The van der Waals surface area contributed by atoms with E-state index in [1.165, 1.54) is 0 Å². The minimum Gasteiger partial charge on any atom is -0.496 e. The molecule has 3 rings (SSSR count). The van der Waals surface area contributed by atoms with Gasteiger partial charge in [-0.25, -0.2) is 0 Å². The van der Waals surface area contributed by atoms with E-state index in [0.717, 1.165) is 27.9 Å². The van der Waals surface area contributed by atoms with Gasteiger partial charge in [0, 0.05) is 18.0 Å². The van der Waals surface area contributed by atoms with E-state index in [9.17, 15) is 0 Å². The van der Waals surface area contributed by atoms with E-state index < -0.39 is 0 Å². The van der Waals surface area contributed by atoms with Crippen LogP contribution in [0.5, 0.6) is 5.75 Å². The lowest BCUT2D eigenvalue weighted by Gasteiger charge is -2.14. The highest BCUT2D eigenvalue weighted by Gasteiger charge is 2.19. The molecule has 0 aliphatic heterocycles. The number of nitrogens with two attached hydrogens (primary N) is 1. The van der Waals surface area contributed by atoms with Crippen LogP contribution in [0.3, 0.4) is 0 Å². The number of hydrogen-bond donors (Lipinski definition) is 1. The fourth-order valence-corrected chi connectivity index (χ4v) is 2.54. The Labute approximate surface area is 117 Å². The van der Waals surface area contributed by atoms with Gasteiger partial charge in [0.15, 0.2) is 0 Å². The van der Waals surface area contributed by atoms with Crippen molar-refractivity contribution < 1.29 is 4.74 Å². The molecule has 0 saturated carbocycles. The molecule has 0 amide bonds. The molecule has 1 atom stereocenters. The summed E-state index contributed by atoms with van der Waals surface area (Å²) < 4.78 is 7.25. The Morgan fingerprint density at radius 1 is 1.10 bits per heavy atom. The van der Waals surface area contributed by atoms with Crippen LogP contribution in [-0.4, -0.2) is 16.9 Å². The van der Waals surface area contributed by atoms with E-state index >= 15 is 0 Å². The Kier molecular flexibility index (Phi) is 3.16. The van der Waals surface area contributed by atoms with Crippen molar-refractivity contribution in [3.63, 3.8) is 0 Å². The van der Waals surface area contributed by atoms with Crippen LogP contribution < -0.4 is 10.5 Å². The van der Waals surface area contributed by atoms with Crippen molar-refractivity contribution >= 4 is 10.9 Å². The lowest BCUT2D eigenvalue weighted by Crippen LogP contribution is -2.14. The summed E-state index contributed by atoms with van der Waals surface area (Å²) in [4.78, 5) is 0. The normalized spacial score (nSPS) is 12.6. The first kappa shape index (κ1) is 12.7. The van der Waals surface area contributed by atoms with Crippen LogP contribution in [0.1, 0.15) is 17.3 Å². The highest BCUT2D eigenvalue weighted by molar-refractivity contribution is 5.82. The van der Waals surface area contributed by atoms with Crippen LogP contribution >= 0.6 is 0 Å². The van der Waals surface area contributed by atoms with E-state index in [4.69, 9.17) is 10.5 Å². The molecular formula is C16H17N3O. The monoisotopic (exact) mass is 267 g/mol. The molecule has 0 fully saturated rings. The molecule has 102 valence electrons. The van der Waals surface area contributed by atoms with Crippen molar-refractivity contribution in [1.82, 2.24) is 9.78 Å². The molecule has 2 aromatic carbocycles. The van der Waals surface area contributed by atoms with E-state index in [-0.39, 0.29) is 6.04 Å². The number of hydrogen-bond acceptors (Lipinski definition) is 3. The highest BCUT2D eigenvalue weighted by atomic mass is 16.5. The number of nitrogens with zero attached hydrogens (tertiary/aromatic N) is 2. The fourth-order valence-electron chi connectivity index (χ4n) is 2.54. The number of para-hydroxylation sites is 2. The number of benzene rings is 2. The minimum atomic E-state index is -0.308. The van der Waals surface area contributed by atoms with Crippen molar-refractivity contribution in [3.8, 4) is 5.75 Å². The van der Waals surface area contributed by atoms with Gasteiger partial charge >= 0.3 is 0 Å². The molecule has 0 spiro atoms. The highest BCUT2D eigenvalue weighted by Crippen LogP contribution is 2.31. The molecule has 0 saturated heterocycles. The number of rotatable bonds is 3. The number of ether oxygens (including phenoxy) is 1. The molecule has 1 unspecified atom stereocenters. The lowest BCUT2D eigenvalue weighted by atomic mass is 10.0. The Hall–Kier alpha value is -2.33. The second-order valence-corrected chi connectivity index (χ2v) is 4.75. The third-order valence-electron chi connectivity index (χ3n) is 3.55. The number of fused-ring (bicyclic) bond motifs is 1. The number of aryl methyl sites for hydroxylation is 1. The Balaban J connectivity index is 2.15. The van der Waals surface area contributed by atoms with E-state index in [1.54, 1.807) is 7.11 Å². The molecule has 0 radical (unpaired) electrons. The Morgan fingerprint density at radius 2 is 1.80 bits per heavy atom. The zero-order chi connectivity index (χ0) is 14.1. The van der Waals surface area contributed by atoms with Crippen molar-refractivity contribution in [2.75, 3.05) is 7.11 Å². The van der Waals surface area contributed by atoms with Crippen LogP contribution in [0, 0.1) is 0 Å². The van der Waals surface area contributed by atoms with Crippen LogP contribution in [0.25, 0.3) is 10.9 Å². The van der Waals surface area contributed by atoms with Gasteiger partial charge in [0.05, 0.1) is 24.4 Å². The first-order valence-electron chi connectivity index (χ1n) is 6.52. The summed E-state index contributed by atoms with van der Waals surface area (Å²) in [6.07, 6.45) is 0. The molecule has 4 heteroatoms. The third kappa shape index (κ3) is 1.94. The average molecular weight is 267 g/mol. The SMILES string of the molecule is COc1ccccc1C(N)c1nn(C)c2ccccc12. The lowest BCUT2D eigenvalue weighted by molar-refractivity contribution is 0.407. The predicted molar refractivity (Wildman–Crippen MR) is 79.7 cm³/mol. The van der Waals surface area contributed by atoms with Gasteiger partial charge in [-0.3, -0.25) is 4.68 Å². The van der Waals surface area contributed by atoms with E-state index in [0.29, 0.717) is 0 Å². The van der Waals surface area contributed by atoms with Crippen molar-refractivity contribution in [2.45, 2.75) is 6.04 Å². The summed E-state index contributed by atoms with van der Waals surface area (Å²) in [7, 11) is 3.59. The largest absolute Gasteiger partial charge is 0.496 e. The summed E-state index contributed by atoms with van der Waals surface area (Å²) in [5.41, 5.74) is 9.30. The summed E-state index contributed by atoms with van der Waals surface area (Å²) in [6.45, 7) is 0. The quantitative estimate of drug-likeness (QED) is 0.793. The molecular weight excluding hydrogens is 250 g/mol. The zero-order valence-electron chi connectivity index (χ0n) is 11.6. The van der Waals surface area contributed by atoms with Gasteiger partial charge in [0.1, 0.15) is 5.75 Å². The van der Waals surface area contributed by atoms with Crippen LogP contribution in [0.15, 0.2) is 48.5 Å². The predicted octanol–water partition coefficient (Wildman–Crippen LogP) is 2.63. The Morgan fingerprint density at radius 3 is 2.60 bits per heavy atom. The van der Waals surface area contributed by atoms with Gasteiger partial charge in [-0.15, -0.1) is 0 Å².